The highest BCUT2D eigenvalue weighted by Crippen LogP contribution is 2.57. The summed E-state index contributed by atoms with van der Waals surface area (Å²) in [6, 6.07) is 16.0. The van der Waals surface area contributed by atoms with E-state index in [1.807, 2.05) is 53.1 Å². The Morgan fingerprint density at radius 1 is 1.05 bits per heavy atom. The molecule has 5 aromatic rings. The van der Waals surface area contributed by atoms with Crippen molar-refractivity contribution in [3.63, 3.8) is 0 Å². The maximum Gasteiger partial charge on any atom is 0.343 e. The standard InChI is InChI=1S/C32H31N3O5/c1-3-4-5-10-15-39-30(37)32(38)16-23-34-21-13-8-6-11-18(21)25-26-20(17-33-29(26)36)24-19-12-7-9-14-22(19)35(28(24)27(25)34)31(32,2)40-23/h6-9,11-14,23,38H,3-5,10,15-17H2,1-2H3,(H,33,36)/t23-,31-,32+/m1/s1. The molecule has 8 nitrogen and oxygen atoms in total. The zero-order valence-electron chi connectivity index (χ0n) is 22.6. The van der Waals surface area contributed by atoms with Gasteiger partial charge in [-0.05, 0) is 31.0 Å². The monoisotopic (exact) mass is 537 g/mol. The molecule has 1 saturated heterocycles. The number of unbranched alkanes of at least 4 members (excludes halogenated alkanes) is 3. The van der Waals surface area contributed by atoms with Crippen molar-refractivity contribution in [3.05, 3.63) is 59.7 Å². The molecule has 5 heterocycles. The summed E-state index contributed by atoms with van der Waals surface area (Å²) >= 11 is 0. The van der Waals surface area contributed by atoms with Crippen LogP contribution in [0.3, 0.4) is 0 Å². The van der Waals surface area contributed by atoms with Crippen LogP contribution < -0.4 is 5.32 Å². The molecule has 3 aliphatic heterocycles. The van der Waals surface area contributed by atoms with Crippen LogP contribution in [0.4, 0.5) is 0 Å². The number of rotatable bonds is 6. The number of hydrogen-bond acceptors (Lipinski definition) is 5. The van der Waals surface area contributed by atoms with Crippen LogP contribution in [0, 0.1) is 0 Å². The molecule has 40 heavy (non-hydrogen) atoms. The van der Waals surface area contributed by atoms with Gasteiger partial charge in [-0.3, -0.25) is 4.79 Å². The third-order valence-corrected chi connectivity index (χ3v) is 9.40. The highest BCUT2D eigenvalue weighted by Gasteiger charge is 2.66. The second-order valence-electron chi connectivity index (χ2n) is 11.5. The number of benzene rings is 3. The van der Waals surface area contributed by atoms with Gasteiger partial charge in [0, 0.05) is 34.5 Å². The van der Waals surface area contributed by atoms with E-state index in [4.69, 9.17) is 9.47 Å². The van der Waals surface area contributed by atoms with Gasteiger partial charge in [0.1, 0.15) is 6.23 Å². The molecule has 3 aromatic carbocycles. The van der Waals surface area contributed by atoms with E-state index >= 15 is 0 Å². The van der Waals surface area contributed by atoms with E-state index in [1.165, 1.54) is 0 Å². The van der Waals surface area contributed by atoms with Gasteiger partial charge in [-0.1, -0.05) is 62.6 Å². The van der Waals surface area contributed by atoms with Crippen LogP contribution in [-0.2, 0) is 26.5 Å². The fourth-order valence-electron chi connectivity index (χ4n) is 7.53. The second kappa shape index (κ2) is 8.08. The first-order valence-corrected chi connectivity index (χ1v) is 14.3. The molecule has 2 aromatic heterocycles. The maximum atomic E-state index is 13.8. The molecule has 0 aliphatic carbocycles. The molecule has 8 heteroatoms. The van der Waals surface area contributed by atoms with Gasteiger partial charge in [-0.2, -0.15) is 0 Å². The second-order valence-corrected chi connectivity index (χ2v) is 11.5. The van der Waals surface area contributed by atoms with Crippen molar-refractivity contribution in [1.29, 1.82) is 0 Å². The quantitative estimate of drug-likeness (QED) is 0.217. The van der Waals surface area contributed by atoms with Crippen LogP contribution in [0.25, 0.3) is 43.6 Å². The van der Waals surface area contributed by atoms with Gasteiger partial charge >= 0.3 is 5.97 Å². The summed E-state index contributed by atoms with van der Waals surface area (Å²) in [6.45, 7) is 4.61. The van der Waals surface area contributed by atoms with Crippen LogP contribution in [0.15, 0.2) is 48.5 Å². The predicted octanol–water partition coefficient (Wildman–Crippen LogP) is 5.61. The third-order valence-electron chi connectivity index (χ3n) is 9.40. The van der Waals surface area contributed by atoms with Crippen LogP contribution in [0.1, 0.15) is 68.1 Å². The van der Waals surface area contributed by atoms with Gasteiger partial charge in [-0.25, -0.2) is 4.79 Å². The largest absolute Gasteiger partial charge is 0.463 e. The van der Waals surface area contributed by atoms with Crippen molar-refractivity contribution in [1.82, 2.24) is 14.5 Å². The number of para-hydroxylation sites is 2. The van der Waals surface area contributed by atoms with E-state index < -0.39 is 23.5 Å². The molecular weight excluding hydrogens is 506 g/mol. The minimum Gasteiger partial charge on any atom is -0.463 e. The lowest BCUT2D eigenvalue weighted by atomic mass is 9.88. The first-order chi connectivity index (χ1) is 19.4. The highest BCUT2D eigenvalue weighted by molar-refractivity contribution is 6.31. The number of nitrogens with zero attached hydrogens (tertiary/aromatic N) is 2. The number of ether oxygens (including phenoxy) is 2. The summed E-state index contributed by atoms with van der Waals surface area (Å²) < 4.78 is 16.7. The van der Waals surface area contributed by atoms with Crippen molar-refractivity contribution in [3.8, 4) is 0 Å². The van der Waals surface area contributed by atoms with Crippen LogP contribution in [0.5, 0.6) is 0 Å². The van der Waals surface area contributed by atoms with Crippen molar-refractivity contribution >= 4 is 55.5 Å². The topological polar surface area (TPSA) is 94.7 Å². The smallest absolute Gasteiger partial charge is 0.343 e. The molecular formula is C32H31N3O5. The lowest BCUT2D eigenvalue weighted by Gasteiger charge is -2.37. The molecule has 0 spiro atoms. The van der Waals surface area contributed by atoms with Gasteiger partial charge in [0.15, 0.2) is 5.72 Å². The van der Waals surface area contributed by atoms with E-state index in [-0.39, 0.29) is 18.9 Å². The number of carbonyl (C=O) groups excluding carboxylic acids is 2. The normalized spacial score (nSPS) is 24.9. The SMILES string of the molecule is CCCCCCOC(=O)[C@@]1(O)C[C@H]2O[C@@]1(C)n1c3ccccc3c3c4c(c5c6ccccc6n2c5c31)C(=O)NC4. The molecule has 3 aliphatic rings. The zero-order valence-corrected chi connectivity index (χ0v) is 22.6. The predicted molar refractivity (Wildman–Crippen MR) is 152 cm³/mol. The number of esters is 1. The first kappa shape index (κ1) is 24.0. The number of aliphatic hydroxyl groups is 1. The van der Waals surface area contributed by atoms with E-state index in [0.717, 1.165) is 74.9 Å². The molecule has 2 N–H and O–H groups in total. The molecule has 3 atom stereocenters. The summed E-state index contributed by atoms with van der Waals surface area (Å²) in [5.74, 6) is -0.740. The summed E-state index contributed by atoms with van der Waals surface area (Å²) in [7, 11) is 0. The highest BCUT2D eigenvalue weighted by atomic mass is 16.6. The average molecular weight is 538 g/mol. The molecule has 0 radical (unpaired) electrons. The molecule has 0 unspecified atom stereocenters. The number of hydrogen-bond donors (Lipinski definition) is 2. The Morgan fingerprint density at radius 2 is 1.77 bits per heavy atom. The fraction of sp³-hybridized carbons (Fsp3) is 0.375. The van der Waals surface area contributed by atoms with E-state index in [2.05, 4.69) is 16.8 Å². The Kier molecular flexibility index (Phi) is 4.84. The molecule has 8 rings (SSSR count). The molecule has 2 bridgehead atoms. The van der Waals surface area contributed by atoms with E-state index in [9.17, 15) is 14.7 Å². The summed E-state index contributed by atoms with van der Waals surface area (Å²) in [4.78, 5) is 27.1. The zero-order chi connectivity index (χ0) is 27.4. The number of carbonyl (C=O) groups is 2. The van der Waals surface area contributed by atoms with Gasteiger partial charge in [-0.15, -0.1) is 0 Å². The van der Waals surface area contributed by atoms with Crippen molar-refractivity contribution in [2.75, 3.05) is 6.61 Å². The summed E-state index contributed by atoms with van der Waals surface area (Å²) in [5, 5.41) is 19.2. The Hall–Kier alpha value is -3.88. The van der Waals surface area contributed by atoms with Crippen molar-refractivity contribution < 1.29 is 24.2 Å². The summed E-state index contributed by atoms with van der Waals surface area (Å²) in [5.41, 5.74) is 1.75. The minimum atomic E-state index is -1.93. The number of fused-ring (bicyclic) bond motifs is 13. The summed E-state index contributed by atoms with van der Waals surface area (Å²) in [6.07, 6.45) is 3.28. The Bertz CT molecular complexity index is 1920. The minimum absolute atomic E-state index is 0.0296. The van der Waals surface area contributed by atoms with Crippen LogP contribution in [0.2, 0.25) is 0 Å². The van der Waals surface area contributed by atoms with Crippen LogP contribution in [-0.4, -0.2) is 38.3 Å². The number of aromatic nitrogens is 2. The average Bonchev–Trinajstić information content (AvgIpc) is 3.65. The Balaban J connectivity index is 1.47. The maximum absolute atomic E-state index is 13.8. The van der Waals surface area contributed by atoms with Gasteiger partial charge < -0.3 is 29.0 Å². The van der Waals surface area contributed by atoms with E-state index in [0.29, 0.717) is 12.1 Å². The molecule has 0 saturated carbocycles. The van der Waals surface area contributed by atoms with Gasteiger partial charge in [0.2, 0.25) is 5.60 Å². The van der Waals surface area contributed by atoms with Gasteiger partial charge in [0.05, 0.1) is 34.2 Å². The molecule has 1 fully saturated rings. The first-order valence-electron chi connectivity index (χ1n) is 14.3. The van der Waals surface area contributed by atoms with Crippen molar-refractivity contribution in [2.24, 2.45) is 0 Å². The lowest BCUT2D eigenvalue weighted by molar-refractivity contribution is -0.204. The molecule has 204 valence electrons. The third kappa shape index (κ3) is 2.73. The van der Waals surface area contributed by atoms with Gasteiger partial charge in [0.25, 0.3) is 5.91 Å². The molecule has 1 amide bonds. The van der Waals surface area contributed by atoms with E-state index in [1.54, 1.807) is 6.92 Å². The fourth-order valence-corrected chi connectivity index (χ4v) is 7.53. The Labute approximate surface area is 230 Å². The number of nitrogens with one attached hydrogen (secondary N) is 1. The lowest BCUT2D eigenvalue weighted by Crippen LogP contribution is -2.56. The van der Waals surface area contributed by atoms with Crippen molar-refractivity contribution in [2.45, 2.75) is 70.1 Å². The Morgan fingerprint density at radius 3 is 2.55 bits per heavy atom. The van der Waals surface area contributed by atoms with Crippen LogP contribution >= 0.6 is 0 Å². The number of amides is 1.